The predicted molar refractivity (Wildman–Crippen MR) is 92.0 cm³/mol. The average molecular weight is 378 g/mol. The van der Waals surface area contributed by atoms with E-state index < -0.39 is 17.5 Å². The van der Waals surface area contributed by atoms with Crippen LogP contribution in [0.5, 0.6) is 0 Å². The van der Waals surface area contributed by atoms with Gasteiger partial charge in [0.05, 0.1) is 11.3 Å². The minimum atomic E-state index is -1.57. The number of benzene rings is 1. The molecule has 1 aliphatic heterocycles. The van der Waals surface area contributed by atoms with Gasteiger partial charge in [0.15, 0.2) is 17.5 Å². The number of carbonyl (C=O) groups excluding carboxylic acids is 2. The number of carbonyl (C=O) groups is 2. The molecular formula is C18H17F3N4O2. The first-order valence-corrected chi connectivity index (χ1v) is 8.28. The maximum atomic E-state index is 13.7. The van der Waals surface area contributed by atoms with Crippen molar-refractivity contribution in [1.82, 2.24) is 14.8 Å². The van der Waals surface area contributed by atoms with Crippen molar-refractivity contribution in [2.24, 2.45) is 0 Å². The number of nitrogens with zero attached hydrogens (tertiary/aromatic N) is 3. The van der Waals surface area contributed by atoms with E-state index in [1.807, 2.05) is 0 Å². The number of anilines is 2. The van der Waals surface area contributed by atoms with E-state index >= 15 is 0 Å². The Morgan fingerprint density at radius 2 is 1.63 bits per heavy atom. The van der Waals surface area contributed by atoms with Gasteiger partial charge in [0.2, 0.25) is 5.91 Å². The Bertz CT molecular complexity index is 866. The monoisotopic (exact) mass is 378 g/mol. The lowest BCUT2D eigenvalue weighted by Crippen LogP contribution is -2.50. The fraction of sp³-hybridized carbons (Fsp3) is 0.278. The van der Waals surface area contributed by atoms with Gasteiger partial charge in [0.1, 0.15) is 5.82 Å². The second kappa shape index (κ2) is 7.65. The van der Waals surface area contributed by atoms with Gasteiger partial charge in [0, 0.05) is 39.3 Å². The summed E-state index contributed by atoms with van der Waals surface area (Å²) in [6.45, 7) is 3.30. The highest BCUT2D eigenvalue weighted by atomic mass is 19.2. The normalized spacial score (nSPS) is 14.2. The molecule has 1 N–H and O–H groups in total. The Labute approximate surface area is 153 Å². The van der Waals surface area contributed by atoms with Gasteiger partial charge < -0.3 is 15.1 Å². The van der Waals surface area contributed by atoms with E-state index in [9.17, 15) is 22.8 Å². The summed E-state index contributed by atoms with van der Waals surface area (Å²) in [5.41, 5.74) is 0.0726. The molecule has 1 saturated heterocycles. The van der Waals surface area contributed by atoms with Crippen LogP contribution in [0.25, 0.3) is 0 Å². The Kier molecular flexibility index (Phi) is 5.29. The quantitative estimate of drug-likeness (QED) is 0.834. The van der Waals surface area contributed by atoms with Crippen LogP contribution in [-0.2, 0) is 4.79 Å². The zero-order valence-corrected chi connectivity index (χ0v) is 14.5. The third kappa shape index (κ3) is 4.02. The van der Waals surface area contributed by atoms with E-state index in [1.165, 1.54) is 25.3 Å². The highest BCUT2D eigenvalue weighted by Crippen LogP contribution is 2.23. The van der Waals surface area contributed by atoms with Crippen LogP contribution >= 0.6 is 0 Å². The molecule has 1 aliphatic rings. The standard InChI is InChI=1S/C18H17F3N4O2/c1-11(26)24-6-8-25(9-7-24)18(27)12-2-5-15(22-10-12)23-14-4-3-13(19)16(20)17(14)21/h2-5,10H,6-9H2,1H3,(H,22,23). The van der Waals surface area contributed by atoms with Crippen LogP contribution in [0.4, 0.5) is 24.7 Å². The van der Waals surface area contributed by atoms with Crippen LogP contribution in [-0.4, -0.2) is 52.8 Å². The van der Waals surface area contributed by atoms with Gasteiger partial charge in [0.25, 0.3) is 5.91 Å². The third-order valence-corrected chi connectivity index (χ3v) is 4.32. The van der Waals surface area contributed by atoms with Crippen LogP contribution < -0.4 is 5.32 Å². The lowest BCUT2D eigenvalue weighted by atomic mass is 10.2. The molecule has 0 bridgehead atoms. The van der Waals surface area contributed by atoms with Gasteiger partial charge in [-0.05, 0) is 24.3 Å². The van der Waals surface area contributed by atoms with Crippen molar-refractivity contribution in [3.05, 3.63) is 53.5 Å². The topological polar surface area (TPSA) is 65.5 Å². The zero-order chi connectivity index (χ0) is 19.6. The van der Waals surface area contributed by atoms with Crippen molar-refractivity contribution in [2.75, 3.05) is 31.5 Å². The van der Waals surface area contributed by atoms with Crippen molar-refractivity contribution in [2.45, 2.75) is 6.92 Å². The first-order chi connectivity index (χ1) is 12.9. The summed E-state index contributed by atoms with van der Waals surface area (Å²) >= 11 is 0. The van der Waals surface area contributed by atoms with Crippen LogP contribution in [0, 0.1) is 17.5 Å². The number of piperazine rings is 1. The second-order valence-electron chi connectivity index (χ2n) is 6.08. The number of nitrogens with one attached hydrogen (secondary N) is 1. The smallest absolute Gasteiger partial charge is 0.255 e. The van der Waals surface area contributed by atoms with E-state index in [4.69, 9.17) is 0 Å². The first kappa shape index (κ1) is 18.7. The molecule has 0 saturated carbocycles. The number of rotatable bonds is 3. The second-order valence-corrected chi connectivity index (χ2v) is 6.08. The fourth-order valence-corrected chi connectivity index (χ4v) is 2.76. The molecule has 1 fully saturated rings. The molecule has 1 aromatic carbocycles. The maximum absolute atomic E-state index is 13.7. The van der Waals surface area contributed by atoms with Gasteiger partial charge in [-0.2, -0.15) is 0 Å². The van der Waals surface area contributed by atoms with Crippen molar-refractivity contribution < 1.29 is 22.8 Å². The molecule has 3 rings (SSSR count). The molecular weight excluding hydrogens is 361 g/mol. The summed E-state index contributed by atoms with van der Waals surface area (Å²) in [5, 5.41) is 2.54. The molecule has 2 amide bonds. The number of hydrogen-bond donors (Lipinski definition) is 1. The van der Waals surface area contributed by atoms with Crippen molar-refractivity contribution >= 4 is 23.3 Å². The average Bonchev–Trinajstić information content (AvgIpc) is 2.68. The van der Waals surface area contributed by atoms with Gasteiger partial charge >= 0.3 is 0 Å². The van der Waals surface area contributed by atoms with Gasteiger partial charge in [-0.15, -0.1) is 0 Å². The van der Waals surface area contributed by atoms with E-state index in [-0.39, 0.29) is 23.3 Å². The highest BCUT2D eigenvalue weighted by molar-refractivity contribution is 5.94. The molecule has 1 aromatic heterocycles. The van der Waals surface area contributed by atoms with Crippen molar-refractivity contribution in [3.8, 4) is 0 Å². The largest absolute Gasteiger partial charge is 0.339 e. The summed E-state index contributed by atoms with van der Waals surface area (Å²) < 4.78 is 39.9. The summed E-state index contributed by atoms with van der Waals surface area (Å²) in [6.07, 6.45) is 1.32. The van der Waals surface area contributed by atoms with Crippen molar-refractivity contribution in [3.63, 3.8) is 0 Å². The van der Waals surface area contributed by atoms with Gasteiger partial charge in [-0.25, -0.2) is 18.2 Å². The maximum Gasteiger partial charge on any atom is 0.255 e. The van der Waals surface area contributed by atoms with E-state index in [0.29, 0.717) is 31.7 Å². The number of pyridine rings is 1. The van der Waals surface area contributed by atoms with E-state index in [0.717, 1.165) is 12.1 Å². The molecule has 0 radical (unpaired) electrons. The van der Waals surface area contributed by atoms with E-state index in [2.05, 4.69) is 10.3 Å². The molecule has 6 nitrogen and oxygen atoms in total. The van der Waals surface area contributed by atoms with Crippen molar-refractivity contribution in [1.29, 1.82) is 0 Å². The Morgan fingerprint density at radius 1 is 0.963 bits per heavy atom. The van der Waals surface area contributed by atoms with Crippen LogP contribution in [0.1, 0.15) is 17.3 Å². The number of amides is 2. The number of hydrogen-bond acceptors (Lipinski definition) is 4. The molecule has 142 valence electrons. The Hall–Kier alpha value is -3.10. The number of aromatic nitrogens is 1. The SMILES string of the molecule is CC(=O)N1CCN(C(=O)c2ccc(Nc3ccc(F)c(F)c3F)nc2)CC1. The van der Waals surface area contributed by atoms with Crippen LogP contribution in [0.2, 0.25) is 0 Å². The minimum absolute atomic E-state index is 0.0244. The fourth-order valence-electron chi connectivity index (χ4n) is 2.76. The zero-order valence-electron chi connectivity index (χ0n) is 14.5. The summed E-state index contributed by atoms with van der Waals surface area (Å²) in [5.74, 6) is -4.27. The Balaban J connectivity index is 1.66. The molecule has 2 aromatic rings. The molecule has 0 atom stereocenters. The molecule has 0 spiro atoms. The lowest BCUT2D eigenvalue weighted by molar-refractivity contribution is -0.130. The first-order valence-electron chi connectivity index (χ1n) is 8.28. The summed E-state index contributed by atoms with van der Waals surface area (Å²) in [6, 6.07) is 4.81. The summed E-state index contributed by atoms with van der Waals surface area (Å²) in [4.78, 5) is 31.1. The third-order valence-electron chi connectivity index (χ3n) is 4.32. The minimum Gasteiger partial charge on any atom is -0.339 e. The van der Waals surface area contributed by atoms with Gasteiger partial charge in [-0.3, -0.25) is 9.59 Å². The molecule has 9 heteroatoms. The van der Waals surface area contributed by atoms with E-state index in [1.54, 1.807) is 9.80 Å². The highest BCUT2D eigenvalue weighted by Gasteiger charge is 2.23. The summed E-state index contributed by atoms with van der Waals surface area (Å²) in [7, 11) is 0. The molecule has 2 heterocycles. The molecule has 0 unspecified atom stereocenters. The Morgan fingerprint density at radius 3 is 2.22 bits per heavy atom. The predicted octanol–water partition coefficient (Wildman–Crippen LogP) is 2.55. The van der Waals surface area contributed by atoms with Crippen LogP contribution in [0.15, 0.2) is 30.5 Å². The molecule has 27 heavy (non-hydrogen) atoms. The molecule has 0 aliphatic carbocycles. The van der Waals surface area contributed by atoms with Crippen LogP contribution in [0.3, 0.4) is 0 Å². The van der Waals surface area contributed by atoms with Gasteiger partial charge in [-0.1, -0.05) is 0 Å². The number of halogens is 3. The lowest BCUT2D eigenvalue weighted by Gasteiger charge is -2.34.